The molecule has 3 aliphatic rings. The topological polar surface area (TPSA) is 106 Å². The third-order valence-electron chi connectivity index (χ3n) is 6.67. The molecular formula is C27H26N2O7. The molecule has 0 aliphatic carbocycles. The molecule has 2 amide bonds. The SMILES string of the molecule is C=CCN1C(=O)[C@@]2(/C(=C(\O)c3ccc4c(c3)OCCO4)C(=O)C(=O)N2CCCOC)c2ccccc21. The van der Waals surface area contributed by atoms with Crippen LogP contribution in [-0.4, -0.2) is 67.6 Å². The van der Waals surface area contributed by atoms with Gasteiger partial charge in [-0.1, -0.05) is 24.3 Å². The van der Waals surface area contributed by atoms with Crippen LogP contribution in [0.1, 0.15) is 17.5 Å². The van der Waals surface area contributed by atoms with Crippen molar-refractivity contribution in [2.45, 2.75) is 12.0 Å². The third-order valence-corrected chi connectivity index (χ3v) is 6.67. The lowest BCUT2D eigenvalue weighted by molar-refractivity contribution is -0.143. The zero-order valence-electron chi connectivity index (χ0n) is 19.9. The molecule has 1 spiro atoms. The second kappa shape index (κ2) is 9.16. The van der Waals surface area contributed by atoms with Gasteiger partial charge in [-0.05, 0) is 30.7 Å². The quantitative estimate of drug-likeness (QED) is 0.209. The van der Waals surface area contributed by atoms with Gasteiger partial charge in [-0.15, -0.1) is 6.58 Å². The van der Waals surface area contributed by atoms with E-state index in [2.05, 4.69) is 6.58 Å². The van der Waals surface area contributed by atoms with Crippen molar-refractivity contribution in [3.8, 4) is 11.5 Å². The van der Waals surface area contributed by atoms with Crippen LogP contribution >= 0.6 is 0 Å². The number of benzene rings is 2. The van der Waals surface area contributed by atoms with Gasteiger partial charge in [-0.25, -0.2) is 0 Å². The van der Waals surface area contributed by atoms with E-state index in [1.807, 2.05) is 0 Å². The molecule has 0 saturated carbocycles. The number of aliphatic hydroxyl groups excluding tert-OH is 1. The average Bonchev–Trinajstić information content (AvgIpc) is 3.27. The Kier molecular flexibility index (Phi) is 6.01. The summed E-state index contributed by atoms with van der Waals surface area (Å²) in [5, 5.41) is 11.6. The zero-order valence-corrected chi connectivity index (χ0v) is 19.9. The molecule has 5 rings (SSSR count). The number of hydrogen-bond acceptors (Lipinski definition) is 7. The van der Waals surface area contributed by atoms with Gasteiger partial charge in [0.2, 0.25) is 0 Å². The van der Waals surface area contributed by atoms with Crippen molar-refractivity contribution in [1.82, 2.24) is 4.90 Å². The molecule has 3 aliphatic heterocycles. The molecule has 1 N–H and O–H groups in total. The van der Waals surface area contributed by atoms with Crippen LogP contribution in [0.15, 0.2) is 60.7 Å². The molecule has 36 heavy (non-hydrogen) atoms. The molecule has 0 unspecified atom stereocenters. The highest BCUT2D eigenvalue weighted by atomic mass is 16.6. The second-order valence-corrected chi connectivity index (χ2v) is 8.65. The number of para-hydroxylation sites is 1. The summed E-state index contributed by atoms with van der Waals surface area (Å²) in [4.78, 5) is 43.9. The van der Waals surface area contributed by atoms with Gasteiger partial charge in [0.25, 0.3) is 17.6 Å². The molecule has 186 valence electrons. The van der Waals surface area contributed by atoms with Crippen LogP contribution in [0.3, 0.4) is 0 Å². The van der Waals surface area contributed by atoms with Gasteiger partial charge < -0.3 is 29.1 Å². The Labute approximate surface area is 208 Å². The smallest absolute Gasteiger partial charge is 0.296 e. The lowest BCUT2D eigenvalue weighted by Crippen LogP contribution is -2.52. The number of fused-ring (bicyclic) bond motifs is 3. The third kappa shape index (κ3) is 3.30. The fourth-order valence-corrected chi connectivity index (χ4v) is 5.18. The van der Waals surface area contributed by atoms with E-state index in [-0.39, 0.29) is 24.2 Å². The number of carbonyl (C=O) groups is 3. The van der Waals surface area contributed by atoms with Crippen molar-refractivity contribution in [1.29, 1.82) is 0 Å². The summed E-state index contributed by atoms with van der Waals surface area (Å²) in [5.41, 5.74) is -0.855. The molecule has 9 nitrogen and oxygen atoms in total. The predicted molar refractivity (Wildman–Crippen MR) is 131 cm³/mol. The van der Waals surface area contributed by atoms with Gasteiger partial charge in [0.1, 0.15) is 19.0 Å². The van der Waals surface area contributed by atoms with E-state index in [0.29, 0.717) is 49.0 Å². The molecule has 9 heteroatoms. The first kappa shape index (κ1) is 23.6. The number of carbonyl (C=O) groups excluding carboxylic acids is 3. The molecule has 2 aromatic carbocycles. The van der Waals surface area contributed by atoms with Crippen molar-refractivity contribution < 1.29 is 33.7 Å². The van der Waals surface area contributed by atoms with Crippen molar-refractivity contribution in [2.24, 2.45) is 0 Å². The Balaban J connectivity index is 1.76. The lowest BCUT2D eigenvalue weighted by atomic mass is 9.81. The molecule has 0 radical (unpaired) electrons. The van der Waals surface area contributed by atoms with Gasteiger partial charge >= 0.3 is 0 Å². The molecule has 1 atom stereocenters. The average molecular weight is 491 g/mol. The summed E-state index contributed by atoms with van der Waals surface area (Å²) in [6.45, 7) is 5.07. The minimum Gasteiger partial charge on any atom is -0.507 e. The summed E-state index contributed by atoms with van der Waals surface area (Å²) in [6.07, 6.45) is 1.97. The maximum Gasteiger partial charge on any atom is 0.296 e. The van der Waals surface area contributed by atoms with E-state index in [4.69, 9.17) is 14.2 Å². The number of methoxy groups -OCH3 is 1. The Bertz CT molecular complexity index is 1300. The van der Waals surface area contributed by atoms with Crippen LogP contribution in [0.25, 0.3) is 5.76 Å². The maximum absolute atomic E-state index is 14.2. The number of amides is 2. The molecular weight excluding hydrogens is 464 g/mol. The lowest BCUT2D eigenvalue weighted by Gasteiger charge is -2.34. The van der Waals surface area contributed by atoms with E-state index in [1.54, 1.807) is 48.5 Å². The number of rotatable bonds is 7. The number of hydrogen-bond donors (Lipinski definition) is 1. The number of aliphatic hydroxyl groups is 1. The fraction of sp³-hybridized carbons (Fsp3) is 0.296. The van der Waals surface area contributed by atoms with Gasteiger partial charge in [-0.3, -0.25) is 14.4 Å². The monoisotopic (exact) mass is 490 g/mol. The first-order valence-electron chi connectivity index (χ1n) is 11.7. The van der Waals surface area contributed by atoms with E-state index in [9.17, 15) is 19.5 Å². The van der Waals surface area contributed by atoms with Gasteiger partial charge in [0, 0.05) is 37.9 Å². The number of likely N-dealkylation sites (tertiary alicyclic amines) is 1. The van der Waals surface area contributed by atoms with Gasteiger partial charge in [0.05, 0.1) is 11.3 Å². The summed E-state index contributed by atoms with van der Waals surface area (Å²) in [6, 6.07) is 11.7. The van der Waals surface area contributed by atoms with Crippen LogP contribution < -0.4 is 14.4 Å². The van der Waals surface area contributed by atoms with Crippen LogP contribution in [0.4, 0.5) is 5.69 Å². The van der Waals surface area contributed by atoms with Crippen molar-refractivity contribution in [3.63, 3.8) is 0 Å². The minimum absolute atomic E-state index is 0.0817. The van der Waals surface area contributed by atoms with Crippen LogP contribution in [0.5, 0.6) is 11.5 Å². The Hall–Kier alpha value is -4.11. The van der Waals surface area contributed by atoms with Crippen molar-refractivity contribution in [2.75, 3.05) is 44.9 Å². The highest BCUT2D eigenvalue weighted by molar-refractivity contribution is 6.50. The Morgan fingerprint density at radius 2 is 1.89 bits per heavy atom. The van der Waals surface area contributed by atoms with Crippen molar-refractivity contribution >= 4 is 29.0 Å². The van der Waals surface area contributed by atoms with Crippen LogP contribution in [0.2, 0.25) is 0 Å². The molecule has 1 saturated heterocycles. The first-order chi connectivity index (χ1) is 17.5. The van der Waals surface area contributed by atoms with E-state index in [1.165, 1.54) is 16.9 Å². The van der Waals surface area contributed by atoms with Gasteiger partial charge in [0.15, 0.2) is 17.0 Å². The predicted octanol–water partition coefficient (Wildman–Crippen LogP) is 2.60. The summed E-state index contributed by atoms with van der Waals surface area (Å²) < 4.78 is 16.3. The Morgan fingerprint density at radius 1 is 1.14 bits per heavy atom. The van der Waals surface area contributed by atoms with Crippen LogP contribution in [-0.2, 0) is 24.7 Å². The van der Waals surface area contributed by atoms with E-state index < -0.39 is 28.9 Å². The molecule has 1 fully saturated rings. The number of nitrogens with zero attached hydrogens (tertiary/aromatic N) is 2. The highest BCUT2D eigenvalue weighted by Gasteiger charge is 2.66. The second-order valence-electron chi connectivity index (χ2n) is 8.65. The molecule has 0 aromatic heterocycles. The maximum atomic E-state index is 14.2. The number of Topliss-reactive ketones (excluding diaryl/α,β-unsaturated/α-hetero) is 1. The fourth-order valence-electron chi connectivity index (χ4n) is 5.18. The summed E-state index contributed by atoms with van der Waals surface area (Å²) in [5.74, 6) is -1.83. The van der Waals surface area contributed by atoms with Gasteiger partial charge in [-0.2, -0.15) is 0 Å². The standard InChI is InChI=1S/C27H26N2O7/c1-3-11-28-19-8-5-4-7-18(19)27(26(28)33)22(24(31)25(32)29(27)12-6-13-34-2)23(30)17-9-10-20-21(16-17)36-15-14-35-20/h3-5,7-10,16,30H,1,6,11-15H2,2H3/b23-22-/t27-/m0/s1. The van der Waals surface area contributed by atoms with E-state index in [0.717, 1.165) is 0 Å². The van der Waals surface area contributed by atoms with Crippen molar-refractivity contribution in [3.05, 3.63) is 71.8 Å². The summed E-state index contributed by atoms with van der Waals surface area (Å²) in [7, 11) is 1.54. The van der Waals surface area contributed by atoms with E-state index >= 15 is 0 Å². The minimum atomic E-state index is -1.82. The highest BCUT2D eigenvalue weighted by Crippen LogP contribution is 2.53. The number of ether oxygens (including phenoxy) is 3. The molecule has 2 aromatic rings. The molecule has 0 bridgehead atoms. The molecule has 3 heterocycles. The largest absolute Gasteiger partial charge is 0.507 e. The zero-order chi connectivity index (χ0) is 25.4. The number of ketones is 1. The first-order valence-corrected chi connectivity index (χ1v) is 11.7. The Morgan fingerprint density at radius 3 is 2.64 bits per heavy atom. The summed E-state index contributed by atoms with van der Waals surface area (Å²) >= 11 is 0. The normalized spacial score (nSPS) is 21.9. The van der Waals surface area contributed by atoms with Crippen LogP contribution in [0, 0.1) is 0 Å². The number of anilines is 1.